The minimum atomic E-state index is -4.96. The molecule has 3 aromatic carbocycles. The van der Waals surface area contributed by atoms with Crippen molar-refractivity contribution in [2.24, 2.45) is 0 Å². The van der Waals surface area contributed by atoms with E-state index in [9.17, 15) is 22.8 Å². The molecule has 0 bridgehead atoms. The number of para-hydroxylation sites is 1. The Bertz CT molecular complexity index is 1440. The van der Waals surface area contributed by atoms with E-state index in [0.29, 0.717) is 0 Å². The van der Waals surface area contributed by atoms with Gasteiger partial charge >= 0.3 is 12.1 Å². The topological polar surface area (TPSA) is 75.0 Å². The predicted octanol–water partition coefficient (Wildman–Crippen LogP) is 6.00. The van der Waals surface area contributed by atoms with Crippen LogP contribution >= 0.6 is 0 Å². The van der Waals surface area contributed by atoms with Gasteiger partial charge in [-0.25, -0.2) is 4.79 Å². The lowest BCUT2D eigenvalue weighted by atomic mass is 10.0. The summed E-state index contributed by atoms with van der Waals surface area (Å²) in [6, 6.07) is 18.7. The molecule has 1 atom stereocenters. The van der Waals surface area contributed by atoms with Crippen LogP contribution < -0.4 is 14.9 Å². The summed E-state index contributed by atoms with van der Waals surface area (Å²) in [6.45, 7) is 1.49. The van der Waals surface area contributed by atoms with E-state index in [1.807, 2.05) is 6.07 Å². The standard InChI is InChI=1S/C27H21F3O6/c1-16(26(32)34-15-17-8-4-3-5-9-17)35-18-12-13-20-22(14-18)36-25(27(28,29)30)23(24(20)31)19-10-6-7-11-21(19)33-2/h3-14,16H,15H2,1-2H3. The third-order valence-electron chi connectivity index (χ3n) is 5.37. The first-order valence-electron chi connectivity index (χ1n) is 10.9. The summed E-state index contributed by atoms with van der Waals surface area (Å²) in [5.41, 5.74) is -1.13. The van der Waals surface area contributed by atoms with Gasteiger partial charge in [0.05, 0.1) is 18.1 Å². The second kappa shape index (κ2) is 10.2. The van der Waals surface area contributed by atoms with Gasteiger partial charge in [0.2, 0.25) is 11.2 Å². The highest BCUT2D eigenvalue weighted by molar-refractivity contribution is 5.85. The second-order valence-corrected chi connectivity index (χ2v) is 7.84. The van der Waals surface area contributed by atoms with E-state index in [0.717, 1.165) is 11.6 Å². The molecule has 186 valence electrons. The summed E-state index contributed by atoms with van der Waals surface area (Å²) < 4.78 is 63.0. The Morgan fingerprint density at radius 3 is 2.39 bits per heavy atom. The molecule has 0 radical (unpaired) electrons. The molecule has 0 aliphatic heterocycles. The maximum Gasteiger partial charge on any atom is 0.450 e. The number of fused-ring (bicyclic) bond motifs is 1. The average molecular weight is 498 g/mol. The number of alkyl halides is 3. The predicted molar refractivity (Wildman–Crippen MR) is 126 cm³/mol. The van der Waals surface area contributed by atoms with Gasteiger partial charge < -0.3 is 18.6 Å². The molecule has 1 heterocycles. The summed E-state index contributed by atoms with van der Waals surface area (Å²) in [5.74, 6) is -2.00. The van der Waals surface area contributed by atoms with Crippen molar-refractivity contribution in [3.8, 4) is 22.6 Å². The smallest absolute Gasteiger partial charge is 0.450 e. The van der Waals surface area contributed by atoms with Gasteiger partial charge in [0.25, 0.3) is 0 Å². The van der Waals surface area contributed by atoms with Crippen LogP contribution in [0.25, 0.3) is 22.1 Å². The van der Waals surface area contributed by atoms with Crippen LogP contribution in [0.1, 0.15) is 18.2 Å². The molecule has 0 spiro atoms. The first kappa shape index (κ1) is 24.8. The normalized spacial score (nSPS) is 12.2. The van der Waals surface area contributed by atoms with Crippen molar-refractivity contribution in [1.29, 1.82) is 0 Å². The van der Waals surface area contributed by atoms with Gasteiger partial charge in [0.1, 0.15) is 23.7 Å². The third kappa shape index (κ3) is 5.19. The fourth-order valence-corrected chi connectivity index (χ4v) is 3.64. The third-order valence-corrected chi connectivity index (χ3v) is 5.37. The Morgan fingerprint density at radius 2 is 1.69 bits per heavy atom. The van der Waals surface area contributed by atoms with Gasteiger partial charge in [-0.15, -0.1) is 0 Å². The minimum Gasteiger partial charge on any atom is -0.496 e. The number of hydrogen-bond acceptors (Lipinski definition) is 6. The second-order valence-electron chi connectivity index (χ2n) is 7.84. The van der Waals surface area contributed by atoms with Crippen LogP contribution in [-0.4, -0.2) is 19.2 Å². The van der Waals surface area contributed by atoms with E-state index in [4.69, 9.17) is 18.6 Å². The van der Waals surface area contributed by atoms with E-state index < -0.39 is 35.0 Å². The van der Waals surface area contributed by atoms with Crippen molar-refractivity contribution < 1.29 is 36.6 Å². The number of carbonyl (C=O) groups is 1. The summed E-state index contributed by atoms with van der Waals surface area (Å²) in [6.07, 6.45) is -6.03. The number of methoxy groups -OCH3 is 1. The highest BCUT2D eigenvalue weighted by Gasteiger charge is 2.40. The molecule has 4 aromatic rings. The van der Waals surface area contributed by atoms with Crippen LogP contribution in [0.5, 0.6) is 11.5 Å². The fraction of sp³-hybridized carbons (Fsp3) is 0.185. The number of hydrogen-bond donors (Lipinski definition) is 0. The van der Waals surface area contributed by atoms with E-state index in [-0.39, 0.29) is 34.6 Å². The number of halogens is 3. The summed E-state index contributed by atoms with van der Waals surface area (Å²) in [5, 5.41) is -0.0874. The van der Waals surface area contributed by atoms with Gasteiger partial charge in [-0.05, 0) is 30.7 Å². The lowest BCUT2D eigenvalue weighted by molar-refractivity contribution is -0.152. The Labute approximate surface area is 203 Å². The van der Waals surface area contributed by atoms with E-state index in [2.05, 4.69) is 0 Å². The molecular formula is C27H21F3O6. The highest BCUT2D eigenvalue weighted by Crippen LogP contribution is 2.40. The first-order valence-corrected chi connectivity index (χ1v) is 10.9. The van der Waals surface area contributed by atoms with E-state index in [1.165, 1.54) is 44.4 Å². The number of carbonyl (C=O) groups excluding carboxylic acids is 1. The fourth-order valence-electron chi connectivity index (χ4n) is 3.64. The molecule has 6 nitrogen and oxygen atoms in total. The van der Waals surface area contributed by atoms with Crippen LogP contribution in [-0.2, 0) is 22.3 Å². The maximum absolute atomic E-state index is 14.0. The zero-order valence-electron chi connectivity index (χ0n) is 19.3. The van der Waals surface area contributed by atoms with Crippen LogP contribution in [0.3, 0.4) is 0 Å². The molecule has 0 N–H and O–H groups in total. The maximum atomic E-state index is 14.0. The summed E-state index contributed by atoms with van der Waals surface area (Å²) in [7, 11) is 1.30. The lowest BCUT2D eigenvalue weighted by Crippen LogP contribution is -2.26. The van der Waals surface area contributed by atoms with Crippen molar-refractivity contribution in [3.05, 3.63) is 94.3 Å². The number of esters is 1. The molecule has 0 saturated carbocycles. The summed E-state index contributed by atoms with van der Waals surface area (Å²) in [4.78, 5) is 25.5. The zero-order chi connectivity index (χ0) is 25.9. The molecule has 1 unspecified atom stereocenters. The number of rotatable bonds is 7. The largest absolute Gasteiger partial charge is 0.496 e. The van der Waals surface area contributed by atoms with Crippen LogP contribution in [0, 0.1) is 0 Å². The van der Waals surface area contributed by atoms with Gasteiger partial charge in [-0.2, -0.15) is 13.2 Å². The van der Waals surface area contributed by atoms with Gasteiger partial charge in [-0.3, -0.25) is 4.79 Å². The lowest BCUT2D eigenvalue weighted by Gasteiger charge is -2.16. The first-order chi connectivity index (χ1) is 17.2. The monoisotopic (exact) mass is 498 g/mol. The Hall–Kier alpha value is -4.27. The molecule has 0 amide bonds. The Kier molecular flexibility index (Phi) is 7.00. The summed E-state index contributed by atoms with van der Waals surface area (Å²) >= 11 is 0. The molecule has 0 aliphatic carbocycles. The van der Waals surface area contributed by atoms with Gasteiger partial charge in [-0.1, -0.05) is 48.5 Å². The quantitative estimate of drug-likeness (QED) is 0.291. The molecule has 1 aromatic heterocycles. The van der Waals surface area contributed by atoms with Crippen LogP contribution in [0.2, 0.25) is 0 Å². The van der Waals surface area contributed by atoms with Crippen molar-refractivity contribution in [2.75, 3.05) is 7.11 Å². The van der Waals surface area contributed by atoms with Crippen molar-refractivity contribution in [2.45, 2.75) is 25.8 Å². The molecule has 0 saturated heterocycles. The Morgan fingerprint density at radius 1 is 1.00 bits per heavy atom. The van der Waals surface area contributed by atoms with E-state index in [1.54, 1.807) is 30.3 Å². The Balaban J connectivity index is 1.66. The van der Waals surface area contributed by atoms with E-state index >= 15 is 0 Å². The molecule has 36 heavy (non-hydrogen) atoms. The molecule has 9 heteroatoms. The number of benzene rings is 3. The molecule has 0 aliphatic rings. The van der Waals surface area contributed by atoms with Crippen molar-refractivity contribution >= 4 is 16.9 Å². The minimum absolute atomic E-state index is 0.0352. The molecular weight excluding hydrogens is 477 g/mol. The van der Waals surface area contributed by atoms with Gasteiger partial charge in [0, 0.05) is 11.6 Å². The molecule has 0 fully saturated rings. The van der Waals surface area contributed by atoms with Crippen LogP contribution in [0.4, 0.5) is 13.2 Å². The highest BCUT2D eigenvalue weighted by atomic mass is 19.4. The van der Waals surface area contributed by atoms with Crippen LogP contribution in [0.15, 0.2) is 82.0 Å². The average Bonchev–Trinajstić information content (AvgIpc) is 2.87. The van der Waals surface area contributed by atoms with Gasteiger partial charge in [0.15, 0.2) is 6.10 Å². The van der Waals surface area contributed by atoms with Crippen molar-refractivity contribution in [1.82, 2.24) is 0 Å². The molecule has 4 rings (SSSR count). The number of ether oxygens (including phenoxy) is 3. The SMILES string of the molecule is COc1ccccc1-c1c(C(F)(F)F)oc2cc(OC(C)C(=O)OCc3ccccc3)ccc2c1=O. The zero-order valence-corrected chi connectivity index (χ0v) is 19.3. The van der Waals surface area contributed by atoms with Crippen molar-refractivity contribution in [3.63, 3.8) is 0 Å².